The molecule has 5 heteroatoms. The van der Waals surface area contributed by atoms with Crippen molar-refractivity contribution < 1.29 is 14.0 Å². The molecular formula is C19H26N2O3. The Bertz CT molecular complexity index is 638. The van der Waals surface area contributed by atoms with E-state index in [0.717, 1.165) is 49.7 Å². The number of aromatic nitrogens is 1. The second-order valence-electron chi connectivity index (χ2n) is 6.54. The van der Waals surface area contributed by atoms with Crippen molar-refractivity contribution in [2.24, 2.45) is 5.92 Å². The normalized spacial score (nSPS) is 21.8. The zero-order chi connectivity index (χ0) is 16.9. The molecule has 130 valence electrons. The lowest BCUT2D eigenvalue weighted by molar-refractivity contribution is -0.00896. The Balaban J connectivity index is 1.64. The van der Waals surface area contributed by atoms with Crippen molar-refractivity contribution in [3.63, 3.8) is 0 Å². The molecule has 0 saturated carbocycles. The van der Waals surface area contributed by atoms with Gasteiger partial charge in [-0.3, -0.25) is 4.90 Å². The summed E-state index contributed by atoms with van der Waals surface area (Å²) in [7, 11) is 3.52. The van der Waals surface area contributed by atoms with Crippen molar-refractivity contribution in [2.75, 3.05) is 27.3 Å². The highest BCUT2D eigenvalue weighted by atomic mass is 16.5. The minimum absolute atomic E-state index is 0.308. The minimum Gasteiger partial charge on any atom is -0.497 e. The molecule has 24 heavy (non-hydrogen) atoms. The first-order chi connectivity index (χ1) is 11.7. The van der Waals surface area contributed by atoms with Crippen LogP contribution in [0.4, 0.5) is 0 Å². The van der Waals surface area contributed by atoms with Crippen LogP contribution >= 0.6 is 0 Å². The average Bonchev–Trinajstić information content (AvgIpc) is 3.01. The highest BCUT2D eigenvalue weighted by molar-refractivity contribution is 5.27. The minimum atomic E-state index is 0.308. The van der Waals surface area contributed by atoms with Crippen LogP contribution in [0, 0.1) is 12.8 Å². The van der Waals surface area contributed by atoms with Gasteiger partial charge in [0.05, 0.1) is 18.9 Å². The van der Waals surface area contributed by atoms with Gasteiger partial charge in [0, 0.05) is 38.7 Å². The molecule has 0 N–H and O–H groups in total. The van der Waals surface area contributed by atoms with E-state index in [1.165, 1.54) is 5.56 Å². The van der Waals surface area contributed by atoms with Crippen LogP contribution in [0.3, 0.4) is 0 Å². The van der Waals surface area contributed by atoms with E-state index in [-0.39, 0.29) is 0 Å². The molecule has 0 aliphatic carbocycles. The van der Waals surface area contributed by atoms with E-state index in [1.54, 1.807) is 7.11 Å². The van der Waals surface area contributed by atoms with Crippen LogP contribution in [0.5, 0.6) is 5.75 Å². The zero-order valence-corrected chi connectivity index (χ0v) is 14.7. The van der Waals surface area contributed by atoms with E-state index in [9.17, 15) is 0 Å². The molecule has 2 atom stereocenters. The molecule has 1 aliphatic heterocycles. The van der Waals surface area contributed by atoms with Crippen molar-refractivity contribution >= 4 is 0 Å². The maximum Gasteiger partial charge on any atom is 0.133 e. The van der Waals surface area contributed by atoms with Crippen LogP contribution in [-0.4, -0.2) is 43.5 Å². The first kappa shape index (κ1) is 17.0. The fraction of sp³-hybridized carbons (Fsp3) is 0.526. The third-order valence-electron chi connectivity index (χ3n) is 4.77. The largest absolute Gasteiger partial charge is 0.497 e. The predicted octanol–water partition coefficient (Wildman–Crippen LogP) is 3.07. The molecule has 1 aliphatic rings. The van der Waals surface area contributed by atoms with Gasteiger partial charge in [-0.05, 0) is 37.5 Å². The number of ether oxygens (including phenoxy) is 2. The first-order valence-electron chi connectivity index (χ1n) is 8.48. The summed E-state index contributed by atoms with van der Waals surface area (Å²) in [4.78, 5) is 2.45. The fourth-order valence-electron chi connectivity index (χ4n) is 3.52. The highest BCUT2D eigenvalue weighted by Gasteiger charge is 2.29. The Hall–Kier alpha value is -1.85. The molecule has 0 radical (unpaired) electrons. The number of piperidine rings is 1. The molecule has 0 spiro atoms. The SMILES string of the molecule is COc1ccc(C[C@H]2CN(Cc3cc(C)on3)CC[C@H]2OC)cc1. The van der Waals surface area contributed by atoms with Gasteiger partial charge in [0.2, 0.25) is 0 Å². The Morgan fingerprint density at radius 1 is 1.25 bits per heavy atom. The summed E-state index contributed by atoms with van der Waals surface area (Å²) < 4.78 is 16.2. The smallest absolute Gasteiger partial charge is 0.133 e. The molecule has 0 amide bonds. The monoisotopic (exact) mass is 330 g/mol. The lowest BCUT2D eigenvalue weighted by Crippen LogP contribution is -2.44. The van der Waals surface area contributed by atoms with Crippen LogP contribution < -0.4 is 4.74 Å². The van der Waals surface area contributed by atoms with Crippen molar-refractivity contribution in [2.45, 2.75) is 32.4 Å². The Morgan fingerprint density at radius 2 is 2.04 bits per heavy atom. The number of rotatable bonds is 6. The number of hydrogen-bond donors (Lipinski definition) is 0. The topological polar surface area (TPSA) is 47.7 Å². The number of aryl methyl sites for hydroxylation is 1. The molecule has 2 heterocycles. The second-order valence-corrected chi connectivity index (χ2v) is 6.54. The average molecular weight is 330 g/mol. The number of likely N-dealkylation sites (tertiary alicyclic amines) is 1. The van der Waals surface area contributed by atoms with Crippen molar-refractivity contribution in [3.8, 4) is 5.75 Å². The molecule has 5 nitrogen and oxygen atoms in total. The number of methoxy groups -OCH3 is 2. The van der Waals surface area contributed by atoms with Crippen molar-refractivity contribution in [3.05, 3.63) is 47.3 Å². The summed E-state index contributed by atoms with van der Waals surface area (Å²) >= 11 is 0. The first-order valence-corrected chi connectivity index (χ1v) is 8.48. The molecule has 1 saturated heterocycles. The van der Waals surface area contributed by atoms with E-state index < -0.39 is 0 Å². The van der Waals surface area contributed by atoms with Gasteiger partial charge in [-0.25, -0.2) is 0 Å². The van der Waals surface area contributed by atoms with Gasteiger partial charge in [-0.2, -0.15) is 0 Å². The lowest BCUT2D eigenvalue weighted by Gasteiger charge is -2.37. The van der Waals surface area contributed by atoms with Gasteiger partial charge >= 0.3 is 0 Å². The molecule has 1 aromatic heterocycles. The van der Waals surface area contributed by atoms with E-state index in [2.05, 4.69) is 22.2 Å². The van der Waals surface area contributed by atoms with E-state index in [1.807, 2.05) is 32.2 Å². The van der Waals surface area contributed by atoms with Crippen LogP contribution in [0.15, 0.2) is 34.9 Å². The Morgan fingerprint density at radius 3 is 2.67 bits per heavy atom. The Kier molecular flexibility index (Phi) is 5.53. The second kappa shape index (κ2) is 7.81. The molecule has 1 fully saturated rings. The molecule has 0 unspecified atom stereocenters. The summed E-state index contributed by atoms with van der Waals surface area (Å²) in [6, 6.07) is 10.4. The third kappa shape index (κ3) is 4.16. The lowest BCUT2D eigenvalue weighted by atomic mass is 9.88. The van der Waals surface area contributed by atoms with Gasteiger partial charge in [0.1, 0.15) is 11.5 Å². The fourth-order valence-corrected chi connectivity index (χ4v) is 3.52. The summed E-state index contributed by atoms with van der Waals surface area (Å²) in [5.41, 5.74) is 2.33. The summed E-state index contributed by atoms with van der Waals surface area (Å²) in [6.07, 6.45) is 2.37. The number of benzene rings is 1. The van der Waals surface area contributed by atoms with E-state index in [0.29, 0.717) is 12.0 Å². The number of hydrogen-bond acceptors (Lipinski definition) is 5. The molecule has 0 bridgehead atoms. The van der Waals surface area contributed by atoms with Crippen molar-refractivity contribution in [1.29, 1.82) is 0 Å². The zero-order valence-electron chi connectivity index (χ0n) is 14.7. The third-order valence-corrected chi connectivity index (χ3v) is 4.77. The molecular weight excluding hydrogens is 304 g/mol. The summed E-state index contributed by atoms with van der Waals surface area (Å²) in [5.74, 6) is 2.24. The number of nitrogens with zero attached hydrogens (tertiary/aromatic N) is 2. The molecule has 2 aromatic rings. The van der Waals surface area contributed by atoms with Gasteiger partial charge in [0.15, 0.2) is 0 Å². The van der Waals surface area contributed by atoms with Crippen LogP contribution in [-0.2, 0) is 17.7 Å². The van der Waals surface area contributed by atoms with E-state index in [4.69, 9.17) is 14.0 Å². The molecule has 3 rings (SSSR count). The Labute approximate surface area is 143 Å². The van der Waals surface area contributed by atoms with Gasteiger partial charge in [-0.1, -0.05) is 17.3 Å². The highest BCUT2D eigenvalue weighted by Crippen LogP contribution is 2.25. The molecule has 1 aromatic carbocycles. The summed E-state index contributed by atoms with van der Waals surface area (Å²) in [6.45, 7) is 4.81. The van der Waals surface area contributed by atoms with Gasteiger partial charge < -0.3 is 14.0 Å². The van der Waals surface area contributed by atoms with Crippen LogP contribution in [0.25, 0.3) is 0 Å². The van der Waals surface area contributed by atoms with Crippen molar-refractivity contribution in [1.82, 2.24) is 10.1 Å². The standard InChI is InChI=1S/C19H26N2O3/c1-14-10-17(20-24-14)13-21-9-8-19(23-3)16(12-21)11-15-4-6-18(22-2)7-5-15/h4-7,10,16,19H,8-9,11-13H2,1-3H3/t16-,19+/m0/s1. The van der Waals surface area contributed by atoms with Gasteiger partial charge in [-0.15, -0.1) is 0 Å². The predicted molar refractivity (Wildman–Crippen MR) is 92.1 cm³/mol. The summed E-state index contributed by atoms with van der Waals surface area (Å²) in [5, 5.41) is 4.12. The quantitative estimate of drug-likeness (QED) is 0.814. The van der Waals surface area contributed by atoms with Crippen LogP contribution in [0.2, 0.25) is 0 Å². The van der Waals surface area contributed by atoms with Gasteiger partial charge in [0.25, 0.3) is 0 Å². The maximum atomic E-state index is 5.74. The maximum absolute atomic E-state index is 5.74. The van der Waals surface area contributed by atoms with Crippen LogP contribution in [0.1, 0.15) is 23.4 Å². The van der Waals surface area contributed by atoms with E-state index >= 15 is 0 Å².